The molecular formula is C11H15NO6. The van der Waals surface area contributed by atoms with Crippen molar-refractivity contribution in [2.45, 2.75) is 6.29 Å². The molecule has 0 aliphatic heterocycles. The maximum atomic E-state index is 10.8. The average Bonchev–Trinajstić information content (AvgIpc) is 2.38. The van der Waals surface area contributed by atoms with Crippen LogP contribution in [0.3, 0.4) is 0 Å². The Hall–Kier alpha value is -1.86. The van der Waals surface area contributed by atoms with Crippen molar-refractivity contribution < 1.29 is 23.9 Å². The van der Waals surface area contributed by atoms with Crippen molar-refractivity contribution in [3.63, 3.8) is 0 Å². The highest BCUT2D eigenvalue weighted by Gasteiger charge is 2.23. The van der Waals surface area contributed by atoms with Crippen molar-refractivity contribution in [1.82, 2.24) is 0 Å². The van der Waals surface area contributed by atoms with Gasteiger partial charge in [0.1, 0.15) is 0 Å². The molecule has 0 aliphatic carbocycles. The van der Waals surface area contributed by atoms with Gasteiger partial charge in [-0.05, 0) is 0 Å². The summed E-state index contributed by atoms with van der Waals surface area (Å²) >= 11 is 0. The van der Waals surface area contributed by atoms with Crippen LogP contribution in [0.4, 0.5) is 5.69 Å². The lowest BCUT2D eigenvalue weighted by Gasteiger charge is -2.18. The quantitative estimate of drug-likeness (QED) is 0.440. The molecule has 100 valence electrons. The molecule has 0 saturated heterocycles. The van der Waals surface area contributed by atoms with Gasteiger partial charge in [0.15, 0.2) is 17.8 Å². The summed E-state index contributed by atoms with van der Waals surface area (Å²) in [5, 5.41) is 10.8. The maximum Gasteiger partial charge on any atom is 0.273 e. The van der Waals surface area contributed by atoms with Gasteiger partial charge in [-0.15, -0.1) is 0 Å². The molecule has 0 fully saturated rings. The molecule has 0 bridgehead atoms. The second-order valence-corrected chi connectivity index (χ2v) is 3.33. The number of nitro benzene ring substituents is 1. The minimum atomic E-state index is -0.770. The first-order valence-corrected chi connectivity index (χ1v) is 5.04. The Morgan fingerprint density at radius 3 is 2.11 bits per heavy atom. The Morgan fingerprint density at radius 1 is 1.11 bits per heavy atom. The molecule has 7 nitrogen and oxygen atoms in total. The SMILES string of the molecule is COc1cc([N+](=O)[O-])cc(C(OC)OC)c1OC. The van der Waals surface area contributed by atoms with Crippen LogP contribution in [-0.4, -0.2) is 33.4 Å². The lowest BCUT2D eigenvalue weighted by atomic mass is 10.1. The van der Waals surface area contributed by atoms with E-state index in [1.807, 2.05) is 0 Å². The second kappa shape index (κ2) is 6.18. The van der Waals surface area contributed by atoms with Gasteiger partial charge in [0.25, 0.3) is 5.69 Å². The maximum absolute atomic E-state index is 10.8. The van der Waals surface area contributed by atoms with E-state index < -0.39 is 11.2 Å². The number of benzene rings is 1. The highest BCUT2D eigenvalue weighted by molar-refractivity contribution is 5.54. The van der Waals surface area contributed by atoms with Gasteiger partial charge in [-0.2, -0.15) is 0 Å². The minimum Gasteiger partial charge on any atom is -0.493 e. The predicted octanol–water partition coefficient (Wildman–Crippen LogP) is 1.90. The van der Waals surface area contributed by atoms with Crippen LogP contribution in [0.2, 0.25) is 0 Å². The van der Waals surface area contributed by atoms with Crippen molar-refractivity contribution in [3.05, 3.63) is 27.8 Å². The Morgan fingerprint density at radius 2 is 1.72 bits per heavy atom. The predicted molar refractivity (Wildman–Crippen MR) is 63.0 cm³/mol. The molecule has 7 heteroatoms. The van der Waals surface area contributed by atoms with Crippen molar-refractivity contribution in [3.8, 4) is 11.5 Å². The van der Waals surface area contributed by atoms with Gasteiger partial charge in [0, 0.05) is 20.3 Å². The molecule has 0 N–H and O–H groups in total. The van der Waals surface area contributed by atoms with E-state index in [0.29, 0.717) is 11.3 Å². The van der Waals surface area contributed by atoms with Crippen LogP contribution in [0, 0.1) is 10.1 Å². The summed E-state index contributed by atoms with van der Waals surface area (Å²) in [6.07, 6.45) is -0.770. The third-order valence-corrected chi connectivity index (χ3v) is 2.39. The summed E-state index contributed by atoms with van der Waals surface area (Å²) in [6, 6.07) is 2.61. The molecule has 0 amide bonds. The number of methoxy groups -OCH3 is 4. The average molecular weight is 257 g/mol. The number of nitrogens with zero attached hydrogens (tertiary/aromatic N) is 1. The fraction of sp³-hybridized carbons (Fsp3) is 0.455. The van der Waals surface area contributed by atoms with Crippen LogP contribution >= 0.6 is 0 Å². The Kier molecular flexibility index (Phi) is 4.87. The van der Waals surface area contributed by atoms with E-state index in [4.69, 9.17) is 18.9 Å². The fourth-order valence-corrected chi connectivity index (χ4v) is 1.61. The van der Waals surface area contributed by atoms with Crippen molar-refractivity contribution in [2.24, 2.45) is 0 Å². The molecule has 0 radical (unpaired) electrons. The summed E-state index contributed by atoms with van der Waals surface area (Å²) in [5.74, 6) is 0.595. The Bertz CT molecular complexity index is 430. The summed E-state index contributed by atoms with van der Waals surface area (Å²) in [6.45, 7) is 0. The van der Waals surface area contributed by atoms with Crippen LogP contribution in [0.5, 0.6) is 11.5 Å². The molecule has 18 heavy (non-hydrogen) atoms. The number of nitro groups is 1. The zero-order valence-electron chi connectivity index (χ0n) is 10.6. The van der Waals surface area contributed by atoms with Crippen molar-refractivity contribution >= 4 is 5.69 Å². The van der Waals surface area contributed by atoms with Gasteiger partial charge in [0.05, 0.1) is 30.8 Å². The molecule has 1 aromatic carbocycles. The molecule has 0 unspecified atom stereocenters. The molecule has 1 aromatic rings. The fourth-order valence-electron chi connectivity index (χ4n) is 1.61. The number of ether oxygens (including phenoxy) is 4. The zero-order valence-corrected chi connectivity index (χ0v) is 10.6. The van der Waals surface area contributed by atoms with Crippen LogP contribution in [0.1, 0.15) is 11.9 Å². The molecule has 0 atom stereocenters. The Balaban J connectivity index is 3.43. The Labute approximate surface area is 104 Å². The van der Waals surface area contributed by atoms with E-state index in [1.165, 1.54) is 40.6 Å². The first-order valence-electron chi connectivity index (χ1n) is 5.04. The van der Waals surface area contributed by atoms with Gasteiger partial charge < -0.3 is 18.9 Å². The van der Waals surface area contributed by atoms with E-state index in [1.54, 1.807) is 0 Å². The highest BCUT2D eigenvalue weighted by Crippen LogP contribution is 2.39. The van der Waals surface area contributed by atoms with Crippen LogP contribution in [0.25, 0.3) is 0 Å². The highest BCUT2D eigenvalue weighted by atomic mass is 16.7. The van der Waals surface area contributed by atoms with E-state index in [-0.39, 0.29) is 11.4 Å². The zero-order chi connectivity index (χ0) is 13.7. The van der Waals surface area contributed by atoms with Gasteiger partial charge in [-0.3, -0.25) is 10.1 Å². The normalized spacial score (nSPS) is 10.5. The third-order valence-electron chi connectivity index (χ3n) is 2.39. The lowest BCUT2D eigenvalue weighted by Crippen LogP contribution is -2.07. The van der Waals surface area contributed by atoms with Crippen LogP contribution in [-0.2, 0) is 9.47 Å². The first-order chi connectivity index (χ1) is 8.58. The van der Waals surface area contributed by atoms with Gasteiger partial charge in [-0.1, -0.05) is 0 Å². The molecular weight excluding hydrogens is 242 g/mol. The molecule has 1 rings (SSSR count). The van der Waals surface area contributed by atoms with E-state index >= 15 is 0 Å². The number of hydrogen-bond donors (Lipinski definition) is 0. The first kappa shape index (κ1) is 14.2. The molecule has 0 aromatic heterocycles. The van der Waals surface area contributed by atoms with Gasteiger partial charge in [0.2, 0.25) is 0 Å². The summed E-state index contributed by atoms with van der Waals surface area (Å²) in [7, 11) is 5.70. The van der Waals surface area contributed by atoms with Crippen molar-refractivity contribution in [1.29, 1.82) is 0 Å². The van der Waals surface area contributed by atoms with Gasteiger partial charge >= 0.3 is 0 Å². The van der Waals surface area contributed by atoms with Crippen LogP contribution in [0.15, 0.2) is 12.1 Å². The largest absolute Gasteiger partial charge is 0.493 e. The van der Waals surface area contributed by atoms with Crippen molar-refractivity contribution in [2.75, 3.05) is 28.4 Å². The van der Waals surface area contributed by atoms with Gasteiger partial charge in [-0.25, -0.2) is 0 Å². The molecule has 0 spiro atoms. The molecule has 0 heterocycles. The molecule has 0 aliphatic rings. The number of rotatable bonds is 6. The standard InChI is InChI=1S/C11H15NO6/c1-15-9-6-7(12(13)14)5-8(10(9)16-2)11(17-3)18-4/h5-6,11H,1-4H3. The monoisotopic (exact) mass is 257 g/mol. The topological polar surface area (TPSA) is 80.1 Å². The summed E-state index contributed by atoms with van der Waals surface area (Å²) in [4.78, 5) is 10.3. The lowest BCUT2D eigenvalue weighted by molar-refractivity contribution is -0.385. The van der Waals surface area contributed by atoms with E-state index in [0.717, 1.165) is 0 Å². The summed E-state index contributed by atoms with van der Waals surface area (Å²) in [5.41, 5.74) is 0.273. The third kappa shape index (κ3) is 2.69. The van der Waals surface area contributed by atoms with E-state index in [9.17, 15) is 10.1 Å². The van der Waals surface area contributed by atoms with E-state index in [2.05, 4.69) is 0 Å². The van der Waals surface area contributed by atoms with Crippen LogP contribution < -0.4 is 9.47 Å². The minimum absolute atomic E-state index is 0.123. The summed E-state index contributed by atoms with van der Waals surface area (Å²) < 4.78 is 20.4. The number of non-ortho nitro benzene ring substituents is 1. The molecule has 0 saturated carbocycles. The smallest absolute Gasteiger partial charge is 0.273 e. The number of hydrogen-bond acceptors (Lipinski definition) is 6. The second-order valence-electron chi connectivity index (χ2n) is 3.33.